The molecule has 5 rings (SSSR count). The van der Waals surface area contributed by atoms with Gasteiger partial charge in [-0.1, -0.05) is 42.7 Å². The molecular weight excluding hydrogens is 460 g/mol. The van der Waals surface area contributed by atoms with E-state index in [9.17, 15) is 13.2 Å². The third kappa shape index (κ3) is 5.02. The fourth-order valence-electron chi connectivity index (χ4n) is 4.09. The van der Waals surface area contributed by atoms with Crippen molar-refractivity contribution in [3.05, 3.63) is 54.5 Å². The van der Waals surface area contributed by atoms with Crippen LogP contribution in [0.15, 0.2) is 53.8 Å². The lowest BCUT2D eigenvalue weighted by Crippen LogP contribution is -2.28. The van der Waals surface area contributed by atoms with Crippen LogP contribution in [0.5, 0.6) is 0 Å². The van der Waals surface area contributed by atoms with Crippen molar-refractivity contribution in [1.82, 2.24) is 14.8 Å². The summed E-state index contributed by atoms with van der Waals surface area (Å²) in [4.78, 5) is 17.9. The zero-order valence-corrected chi connectivity index (χ0v) is 19.7. The van der Waals surface area contributed by atoms with Crippen molar-refractivity contribution >= 4 is 32.2 Å². The van der Waals surface area contributed by atoms with Crippen LogP contribution in [0.2, 0.25) is 0 Å². The van der Waals surface area contributed by atoms with Gasteiger partial charge in [-0.25, -0.2) is 18.1 Å². The lowest BCUT2D eigenvalue weighted by molar-refractivity contribution is -0.133. The van der Waals surface area contributed by atoms with E-state index in [-0.39, 0.29) is 17.3 Å². The number of sulfone groups is 1. The summed E-state index contributed by atoms with van der Waals surface area (Å²) in [5.74, 6) is -0.320. The summed E-state index contributed by atoms with van der Waals surface area (Å²) in [5, 5.41) is 8.03. The molecule has 0 aliphatic heterocycles. The molecule has 2 aliphatic carbocycles. The number of thiazole rings is 1. The first-order valence-corrected chi connectivity index (χ1v) is 13.6. The summed E-state index contributed by atoms with van der Waals surface area (Å²) in [6.45, 7) is 0. The maximum atomic E-state index is 13.3. The maximum Gasteiger partial charge on any atom is 0.259 e. The molecule has 1 amide bonds. The number of nitrogens with one attached hydrogen (secondary N) is 1. The third-order valence-corrected chi connectivity index (χ3v) is 9.23. The van der Waals surface area contributed by atoms with Crippen molar-refractivity contribution in [2.75, 3.05) is 5.32 Å². The molecule has 3 aromatic rings. The van der Waals surface area contributed by atoms with E-state index in [0.29, 0.717) is 28.4 Å². The van der Waals surface area contributed by atoms with Gasteiger partial charge in [0.25, 0.3) is 5.91 Å². The van der Waals surface area contributed by atoms with Crippen molar-refractivity contribution in [2.45, 2.75) is 67.3 Å². The van der Waals surface area contributed by atoms with Gasteiger partial charge in [0.2, 0.25) is 0 Å². The van der Waals surface area contributed by atoms with Gasteiger partial charge in [-0.2, -0.15) is 5.10 Å². The summed E-state index contributed by atoms with van der Waals surface area (Å²) in [6, 6.07) is 8.39. The molecule has 1 unspecified atom stereocenters. The lowest BCUT2D eigenvalue weighted by Gasteiger charge is -2.27. The topological polar surface area (TPSA) is 103 Å². The highest BCUT2D eigenvalue weighted by Crippen LogP contribution is 2.35. The normalized spacial score (nSPS) is 18.2. The Kier molecular flexibility index (Phi) is 6.31. The highest BCUT2D eigenvalue weighted by atomic mass is 32.2. The average molecular weight is 487 g/mol. The number of ether oxygens (including phenoxy) is 1. The van der Waals surface area contributed by atoms with Crippen molar-refractivity contribution < 1.29 is 17.9 Å². The third-order valence-electron chi connectivity index (χ3n) is 6.05. The highest BCUT2D eigenvalue weighted by Gasteiger charge is 2.37. The van der Waals surface area contributed by atoms with Gasteiger partial charge in [-0.05, 0) is 49.4 Å². The molecule has 2 fully saturated rings. The van der Waals surface area contributed by atoms with Gasteiger partial charge in [0.05, 0.1) is 22.4 Å². The zero-order chi connectivity index (χ0) is 22.8. The van der Waals surface area contributed by atoms with Crippen molar-refractivity contribution in [2.24, 2.45) is 0 Å². The largest absolute Gasteiger partial charge is 0.360 e. The SMILES string of the molecule is O=C(Nc1ncc(-n2cccn2)s1)C(OC1CCCCC1)c1ccc(S(=O)(=O)C2CC2)cc1. The average Bonchev–Trinajstić information content (AvgIpc) is 3.37. The van der Waals surface area contributed by atoms with Gasteiger partial charge in [-0.3, -0.25) is 10.1 Å². The number of benzene rings is 1. The molecule has 0 saturated heterocycles. The molecule has 1 atom stereocenters. The predicted molar refractivity (Wildman–Crippen MR) is 125 cm³/mol. The number of nitrogens with zero attached hydrogens (tertiary/aromatic N) is 3. The van der Waals surface area contributed by atoms with E-state index in [2.05, 4.69) is 15.4 Å². The van der Waals surface area contributed by atoms with E-state index in [4.69, 9.17) is 4.74 Å². The Balaban J connectivity index is 1.36. The van der Waals surface area contributed by atoms with Crippen LogP contribution in [-0.4, -0.2) is 40.4 Å². The molecule has 2 aliphatic rings. The Hall–Kier alpha value is -2.56. The van der Waals surface area contributed by atoms with Crippen LogP contribution in [0.1, 0.15) is 56.6 Å². The summed E-state index contributed by atoms with van der Waals surface area (Å²) < 4.78 is 33.0. The number of hydrogen-bond acceptors (Lipinski definition) is 7. The molecule has 10 heteroatoms. The van der Waals surface area contributed by atoms with E-state index in [1.54, 1.807) is 41.3 Å². The van der Waals surface area contributed by atoms with Gasteiger partial charge in [0, 0.05) is 12.4 Å². The van der Waals surface area contributed by atoms with Gasteiger partial charge in [0.15, 0.2) is 21.1 Å². The second kappa shape index (κ2) is 9.36. The molecule has 0 radical (unpaired) electrons. The molecule has 1 aromatic carbocycles. The van der Waals surface area contributed by atoms with E-state index < -0.39 is 15.9 Å². The van der Waals surface area contributed by atoms with Crippen LogP contribution in [0.25, 0.3) is 5.00 Å². The molecule has 33 heavy (non-hydrogen) atoms. The molecule has 0 spiro atoms. The Bertz CT molecular complexity index is 1200. The summed E-state index contributed by atoms with van der Waals surface area (Å²) in [7, 11) is -3.28. The first-order valence-electron chi connectivity index (χ1n) is 11.3. The van der Waals surface area contributed by atoms with Gasteiger partial charge < -0.3 is 4.74 Å². The molecule has 0 bridgehead atoms. The lowest BCUT2D eigenvalue weighted by atomic mass is 9.97. The van der Waals surface area contributed by atoms with E-state index in [1.165, 1.54) is 17.8 Å². The smallest absolute Gasteiger partial charge is 0.259 e. The fraction of sp³-hybridized carbons (Fsp3) is 0.435. The van der Waals surface area contributed by atoms with Crippen molar-refractivity contribution in [3.63, 3.8) is 0 Å². The summed E-state index contributed by atoms with van der Waals surface area (Å²) >= 11 is 1.32. The molecule has 1 N–H and O–H groups in total. The van der Waals surface area contributed by atoms with E-state index >= 15 is 0 Å². The van der Waals surface area contributed by atoms with Crippen molar-refractivity contribution in [3.8, 4) is 5.00 Å². The van der Waals surface area contributed by atoms with Crippen LogP contribution >= 0.6 is 11.3 Å². The Morgan fingerprint density at radius 1 is 1.12 bits per heavy atom. The predicted octanol–water partition coefficient (Wildman–Crippen LogP) is 4.29. The van der Waals surface area contributed by atoms with E-state index in [0.717, 1.165) is 30.7 Å². The second-order valence-corrected chi connectivity index (χ2v) is 11.8. The number of hydrogen-bond donors (Lipinski definition) is 1. The first kappa shape index (κ1) is 22.2. The molecular formula is C23H26N4O4S2. The standard InChI is InChI=1S/C23H26N4O4S2/c28-22(26-23-24-15-20(32-23)27-14-4-13-25-27)21(31-17-5-2-1-3-6-17)16-7-9-18(10-8-16)33(29,30)19-11-12-19/h4,7-10,13-15,17,19,21H,1-3,5-6,11-12H2,(H,24,26,28). The van der Waals surface area contributed by atoms with Crippen LogP contribution in [-0.2, 0) is 19.4 Å². The number of amides is 1. The van der Waals surface area contributed by atoms with Crippen LogP contribution < -0.4 is 5.32 Å². The van der Waals surface area contributed by atoms with Crippen LogP contribution in [0.3, 0.4) is 0 Å². The molecule has 2 saturated carbocycles. The van der Waals surface area contributed by atoms with E-state index in [1.807, 2.05) is 12.3 Å². The molecule has 2 heterocycles. The van der Waals surface area contributed by atoms with Crippen LogP contribution in [0, 0.1) is 0 Å². The quantitative estimate of drug-likeness (QED) is 0.509. The van der Waals surface area contributed by atoms with Crippen molar-refractivity contribution in [1.29, 1.82) is 0 Å². The van der Waals surface area contributed by atoms with Gasteiger partial charge in [0.1, 0.15) is 5.00 Å². The number of carbonyl (C=O) groups is 1. The molecule has 174 valence electrons. The van der Waals surface area contributed by atoms with Crippen LogP contribution in [0.4, 0.5) is 5.13 Å². The second-order valence-electron chi connectivity index (χ2n) is 8.53. The number of rotatable bonds is 8. The number of carbonyl (C=O) groups excluding carboxylic acids is 1. The minimum absolute atomic E-state index is 0.000281. The fourth-order valence-corrected chi connectivity index (χ4v) is 6.51. The number of aromatic nitrogens is 3. The number of anilines is 1. The first-order chi connectivity index (χ1) is 16.0. The Labute approximate surface area is 196 Å². The Morgan fingerprint density at radius 2 is 1.88 bits per heavy atom. The highest BCUT2D eigenvalue weighted by molar-refractivity contribution is 7.92. The monoisotopic (exact) mass is 486 g/mol. The summed E-state index contributed by atoms with van der Waals surface area (Å²) in [5.41, 5.74) is 0.636. The Morgan fingerprint density at radius 3 is 2.55 bits per heavy atom. The molecule has 8 nitrogen and oxygen atoms in total. The minimum atomic E-state index is -3.28. The van der Waals surface area contributed by atoms with Gasteiger partial charge in [-0.15, -0.1) is 0 Å². The minimum Gasteiger partial charge on any atom is -0.360 e. The zero-order valence-electron chi connectivity index (χ0n) is 18.1. The maximum absolute atomic E-state index is 13.3. The van der Waals surface area contributed by atoms with Gasteiger partial charge >= 0.3 is 0 Å². The molecule has 2 aromatic heterocycles. The summed E-state index contributed by atoms with van der Waals surface area (Å²) in [6.07, 6.45) is 10.9.